The van der Waals surface area contributed by atoms with Crippen LogP contribution in [0.4, 0.5) is 4.39 Å². The average molecular weight is 340 g/mol. The smallest absolute Gasteiger partial charge is 0.127 e. The van der Waals surface area contributed by atoms with Crippen LogP contribution in [0.15, 0.2) is 40.9 Å². The van der Waals surface area contributed by atoms with Gasteiger partial charge in [0.25, 0.3) is 0 Å². The van der Waals surface area contributed by atoms with E-state index in [4.69, 9.17) is 15.2 Å². The number of methoxy groups -OCH3 is 2. The maximum absolute atomic E-state index is 13.5. The summed E-state index contributed by atoms with van der Waals surface area (Å²) in [5.74, 6) is 0.869. The first kappa shape index (κ1) is 14.8. The van der Waals surface area contributed by atoms with Crippen molar-refractivity contribution in [3.8, 4) is 11.5 Å². The summed E-state index contributed by atoms with van der Waals surface area (Å²) in [6, 6.07) is 9.43. The van der Waals surface area contributed by atoms with Crippen molar-refractivity contribution in [2.24, 2.45) is 5.73 Å². The number of benzene rings is 2. The van der Waals surface area contributed by atoms with E-state index in [1.165, 1.54) is 12.1 Å². The predicted molar refractivity (Wildman–Crippen MR) is 79.7 cm³/mol. The fourth-order valence-electron chi connectivity index (χ4n) is 2.11. The highest BCUT2D eigenvalue weighted by Gasteiger charge is 2.20. The van der Waals surface area contributed by atoms with E-state index in [0.717, 1.165) is 0 Å². The van der Waals surface area contributed by atoms with Crippen LogP contribution in [-0.4, -0.2) is 14.2 Å². The standard InChI is InChI=1S/C15H15BrFNO2/c1-19-12-4-3-5-13(20-2)14(12)15(18)9-6-10(16)8-11(17)7-9/h3-8,15H,18H2,1-2H3. The summed E-state index contributed by atoms with van der Waals surface area (Å²) in [6.45, 7) is 0. The van der Waals surface area contributed by atoms with Crippen molar-refractivity contribution in [3.63, 3.8) is 0 Å². The monoisotopic (exact) mass is 339 g/mol. The molecule has 0 amide bonds. The summed E-state index contributed by atoms with van der Waals surface area (Å²) in [5.41, 5.74) is 7.59. The molecule has 0 saturated carbocycles. The topological polar surface area (TPSA) is 44.5 Å². The van der Waals surface area contributed by atoms with Gasteiger partial charge in [0.1, 0.15) is 17.3 Å². The van der Waals surface area contributed by atoms with Gasteiger partial charge in [-0.05, 0) is 35.9 Å². The Morgan fingerprint density at radius 2 is 1.70 bits per heavy atom. The lowest BCUT2D eigenvalue weighted by molar-refractivity contribution is 0.382. The molecule has 0 aliphatic carbocycles. The molecule has 0 spiro atoms. The molecule has 0 bridgehead atoms. The molecule has 0 aliphatic heterocycles. The molecule has 0 aromatic heterocycles. The lowest BCUT2D eigenvalue weighted by Gasteiger charge is -2.19. The maximum atomic E-state index is 13.5. The predicted octanol–water partition coefficient (Wildman–Crippen LogP) is 3.65. The zero-order valence-electron chi connectivity index (χ0n) is 11.2. The fraction of sp³-hybridized carbons (Fsp3) is 0.200. The van der Waals surface area contributed by atoms with E-state index in [0.29, 0.717) is 27.1 Å². The summed E-state index contributed by atoms with van der Waals surface area (Å²) in [4.78, 5) is 0. The maximum Gasteiger partial charge on any atom is 0.127 e. The minimum Gasteiger partial charge on any atom is -0.496 e. The normalized spacial score (nSPS) is 12.1. The Morgan fingerprint density at radius 3 is 2.20 bits per heavy atom. The van der Waals surface area contributed by atoms with Crippen molar-refractivity contribution in [3.05, 3.63) is 57.8 Å². The Morgan fingerprint density at radius 1 is 1.10 bits per heavy atom. The van der Waals surface area contributed by atoms with E-state index in [1.807, 2.05) is 6.07 Å². The minimum absolute atomic E-state index is 0.348. The van der Waals surface area contributed by atoms with Crippen LogP contribution in [0.25, 0.3) is 0 Å². The van der Waals surface area contributed by atoms with E-state index in [2.05, 4.69) is 15.9 Å². The second-order valence-electron chi connectivity index (χ2n) is 4.26. The van der Waals surface area contributed by atoms with Crippen molar-refractivity contribution in [2.75, 3.05) is 14.2 Å². The lowest BCUT2D eigenvalue weighted by atomic mass is 9.97. The van der Waals surface area contributed by atoms with Gasteiger partial charge in [-0.2, -0.15) is 0 Å². The first-order valence-corrected chi connectivity index (χ1v) is 6.78. The zero-order chi connectivity index (χ0) is 14.7. The highest BCUT2D eigenvalue weighted by Crippen LogP contribution is 2.36. The third-order valence-corrected chi connectivity index (χ3v) is 3.48. The van der Waals surface area contributed by atoms with Crippen LogP contribution < -0.4 is 15.2 Å². The minimum atomic E-state index is -0.548. The largest absolute Gasteiger partial charge is 0.496 e. The van der Waals surface area contributed by atoms with Gasteiger partial charge >= 0.3 is 0 Å². The van der Waals surface area contributed by atoms with E-state index in [-0.39, 0.29) is 5.82 Å². The molecule has 3 nitrogen and oxygen atoms in total. The van der Waals surface area contributed by atoms with Crippen LogP contribution in [-0.2, 0) is 0 Å². The number of halogens is 2. The molecular weight excluding hydrogens is 325 g/mol. The molecule has 2 aromatic rings. The van der Waals surface area contributed by atoms with Crippen LogP contribution in [0.3, 0.4) is 0 Å². The number of hydrogen-bond acceptors (Lipinski definition) is 3. The first-order valence-electron chi connectivity index (χ1n) is 5.99. The van der Waals surface area contributed by atoms with Crippen molar-refractivity contribution in [1.82, 2.24) is 0 Å². The molecule has 2 N–H and O–H groups in total. The van der Waals surface area contributed by atoms with Crippen LogP contribution in [0.1, 0.15) is 17.2 Å². The lowest BCUT2D eigenvalue weighted by Crippen LogP contribution is -2.14. The molecule has 0 fully saturated rings. The van der Waals surface area contributed by atoms with Gasteiger partial charge in [-0.15, -0.1) is 0 Å². The van der Waals surface area contributed by atoms with Crippen molar-refractivity contribution in [1.29, 1.82) is 0 Å². The zero-order valence-corrected chi connectivity index (χ0v) is 12.8. The van der Waals surface area contributed by atoms with E-state index in [1.54, 1.807) is 32.4 Å². The Labute approximate surface area is 125 Å². The molecule has 1 atom stereocenters. The third kappa shape index (κ3) is 2.94. The first-order chi connectivity index (χ1) is 9.56. The number of hydrogen-bond donors (Lipinski definition) is 1. The Balaban J connectivity index is 2.54. The summed E-state index contributed by atoms with van der Waals surface area (Å²) in [7, 11) is 3.12. The van der Waals surface area contributed by atoms with Crippen LogP contribution in [0.5, 0.6) is 11.5 Å². The number of rotatable bonds is 4. The molecule has 0 saturated heterocycles. The Bertz CT molecular complexity index is 576. The second kappa shape index (κ2) is 6.24. The molecule has 20 heavy (non-hydrogen) atoms. The van der Waals surface area contributed by atoms with Crippen molar-refractivity contribution in [2.45, 2.75) is 6.04 Å². The molecule has 1 unspecified atom stereocenters. The molecule has 106 valence electrons. The molecule has 0 heterocycles. The van der Waals surface area contributed by atoms with E-state index < -0.39 is 6.04 Å². The Hall–Kier alpha value is -1.59. The van der Waals surface area contributed by atoms with E-state index >= 15 is 0 Å². The molecule has 2 rings (SSSR count). The van der Waals surface area contributed by atoms with Gasteiger partial charge in [0.15, 0.2) is 0 Å². The summed E-state index contributed by atoms with van der Waals surface area (Å²) >= 11 is 3.27. The van der Waals surface area contributed by atoms with Gasteiger partial charge in [-0.1, -0.05) is 22.0 Å². The molecule has 0 aliphatic rings. The quantitative estimate of drug-likeness (QED) is 0.924. The second-order valence-corrected chi connectivity index (χ2v) is 5.17. The summed E-state index contributed by atoms with van der Waals surface area (Å²) in [5, 5.41) is 0. The fourth-order valence-corrected chi connectivity index (χ4v) is 2.59. The molecule has 5 heteroatoms. The van der Waals surface area contributed by atoms with Gasteiger partial charge in [-0.25, -0.2) is 4.39 Å². The molecular formula is C15H15BrFNO2. The van der Waals surface area contributed by atoms with Gasteiger partial charge in [0.2, 0.25) is 0 Å². The van der Waals surface area contributed by atoms with Gasteiger partial charge < -0.3 is 15.2 Å². The van der Waals surface area contributed by atoms with E-state index in [9.17, 15) is 4.39 Å². The SMILES string of the molecule is COc1cccc(OC)c1C(N)c1cc(F)cc(Br)c1. The van der Waals surface area contributed by atoms with Gasteiger partial charge in [-0.3, -0.25) is 0 Å². The Kier molecular flexibility index (Phi) is 4.62. The number of nitrogens with two attached hydrogens (primary N) is 1. The highest BCUT2D eigenvalue weighted by molar-refractivity contribution is 9.10. The average Bonchev–Trinajstić information content (AvgIpc) is 2.44. The van der Waals surface area contributed by atoms with Crippen molar-refractivity contribution < 1.29 is 13.9 Å². The molecule has 0 radical (unpaired) electrons. The van der Waals surface area contributed by atoms with Gasteiger partial charge in [0, 0.05) is 4.47 Å². The third-order valence-electron chi connectivity index (χ3n) is 3.02. The highest BCUT2D eigenvalue weighted by atomic mass is 79.9. The van der Waals surface area contributed by atoms with Crippen molar-refractivity contribution >= 4 is 15.9 Å². The van der Waals surface area contributed by atoms with Crippen LogP contribution in [0.2, 0.25) is 0 Å². The molecule has 2 aromatic carbocycles. The van der Waals surface area contributed by atoms with Crippen LogP contribution in [0, 0.1) is 5.82 Å². The van der Waals surface area contributed by atoms with Crippen LogP contribution >= 0.6 is 15.9 Å². The number of ether oxygens (including phenoxy) is 2. The summed E-state index contributed by atoms with van der Waals surface area (Å²) in [6.07, 6.45) is 0. The van der Waals surface area contributed by atoms with Gasteiger partial charge in [0.05, 0.1) is 25.8 Å². The summed E-state index contributed by atoms with van der Waals surface area (Å²) < 4.78 is 24.8.